The van der Waals surface area contributed by atoms with E-state index < -0.39 is 11.6 Å². The minimum atomic E-state index is -0.595. The second-order valence-electron chi connectivity index (χ2n) is 3.58. The number of H-pyrrole nitrogens is 1. The summed E-state index contributed by atoms with van der Waals surface area (Å²) in [5.41, 5.74) is 1.67. The van der Waals surface area contributed by atoms with Crippen LogP contribution in [0.3, 0.4) is 0 Å². The molecule has 0 saturated heterocycles. The highest BCUT2D eigenvalue weighted by Crippen LogP contribution is 2.25. The lowest BCUT2D eigenvalue weighted by atomic mass is 10.1. The first kappa shape index (κ1) is 9.77. The Bertz CT molecular complexity index is 731. The van der Waals surface area contributed by atoms with E-state index in [2.05, 4.69) is 9.97 Å². The fraction of sp³-hybridized carbons (Fsp3) is 0. The van der Waals surface area contributed by atoms with E-state index >= 15 is 0 Å². The van der Waals surface area contributed by atoms with Gasteiger partial charge in [-0.3, -0.25) is 9.97 Å². The Morgan fingerprint density at radius 3 is 3.00 bits per heavy atom. The van der Waals surface area contributed by atoms with E-state index in [4.69, 9.17) is 4.42 Å². The molecule has 3 aromatic rings. The monoisotopic (exact) mass is 230 g/mol. The SMILES string of the molecule is O=c1[nH]c2cc(F)c(-c3cccnc3)cc2o1. The number of fused-ring (bicyclic) bond motifs is 1. The Hall–Kier alpha value is -2.43. The van der Waals surface area contributed by atoms with E-state index in [9.17, 15) is 9.18 Å². The molecule has 2 heterocycles. The Morgan fingerprint density at radius 1 is 1.35 bits per heavy atom. The Labute approximate surface area is 94.7 Å². The molecule has 0 radical (unpaired) electrons. The number of aromatic amines is 1. The highest BCUT2D eigenvalue weighted by molar-refractivity contribution is 5.80. The number of benzene rings is 1. The summed E-state index contributed by atoms with van der Waals surface area (Å²) in [7, 11) is 0. The number of hydrogen-bond donors (Lipinski definition) is 1. The Kier molecular flexibility index (Phi) is 2.04. The lowest BCUT2D eigenvalue weighted by molar-refractivity contribution is 0.555. The van der Waals surface area contributed by atoms with Crippen molar-refractivity contribution in [2.75, 3.05) is 0 Å². The molecule has 17 heavy (non-hydrogen) atoms. The highest BCUT2D eigenvalue weighted by atomic mass is 19.1. The van der Waals surface area contributed by atoms with Crippen molar-refractivity contribution in [3.8, 4) is 11.1 Å². The van der Waals surface area contributed by atoms with Gasteiger partial charge in [0.05, 0.1) is 5.52 Å². The van der Waals surface area contributed by atoms with E-state index in [0.717, 1.165) is 0 Å². The van der Waals surface area contributed by atoms with Crippen LogP contribution in [0.5, 0.6) is 0 Å². The predicted molar refractivity (Wildman–Crippen MR) is 60.0 cm³/mol. The molecule has 0 aliphatic heterocycles. The summed E-state index contributed by atoms with van der Waals surface area (Å²) >= 11 is 0. The first-order valence-corrected chi connectivity index (χ1v) is 4.97. The molecular weight excluding hydrogens is 223 g/mol. The first-order chi connectivity index (χ1) is 8.24. The second kappa shape index (κ2) is 3.55. The molecule has 0 bridgehead atoms. The minimum Gasteiger partial charge on any atom is -0.408 e. The molecule has 84 valence electrons. The average Bonchev–Trinajstić information content (AvgIpc) is 2.68. The van der Waals surface area contributed by atoms with Gasteiger partial charge in [-0.25, -0.2) is 9.18 Å². The molecule has 0 aliphatic rings. The van der Waals surface area contributed by atoms with Crippen molar-refractivity contribution in [3.63, 3.8) is 0 Å². The number of nitrogens with one attached hydrogen (secondary N) is 1. The number of oxazole rings is 1. The van der Waals surface area contributed by atoms with Crippen LogP contribution in [0.2, 0.25) is 0 Å². The van der Waals surface area contributed by atoms with Gasteiger partial charge < -0.3 is 4.42 Å². The van der Waals surface area contributed by atoms with Crippen molar-refractivity contribution in [1.29, 1.82) is 0 Å². The quantitative estimate of drug-likeness (QED) is 0.697. The van der Waals surface area contributed by atoms with E-state index in [-0.39, 0.29) is 0 Å². The zero-order valence-corrected chi connectivity index (χ0v) is 8.61. The summed E-state index contributed by atoms with van der Waals surface area (Å²) in [6.45, 7) is 0. The second-order valence-corrected chi connectivity index (χ2v) is 3.58. The average molecular weight is 230 g/mol. The van der Waals surface area contributed by atoms with Gasteiger partial charge in [0.25, 0.3) is 0 Å². The van der Waals surface area contributed by atoms with Crippen molar-refractivity contribution in [2.24, 2.45) is 0 Å². The van der Waals surface area contributed by atoms with Crippen molar-refractivity contribution >= 4 is 11.1 Å². The summed E-state index contributed by atoms with van der Waals surface area (Å²) in [4.78, 5) is 17.3. The third kappa shape index (κ3) is 1.61. The molecule has 4 nitrogen and oxygen atoms in total. The van der Waals surface area contributed by atoms with Gasteiger partial charge >= 0.3 is 5.76 Å². The van der Waals surface area contributed by atoms with Crippen LogP contribution in [-0.4, -0.2) is 9.97 Å². The van der Waals surface area contributed by atoms with Gasteiger partial charge in [0.15, 0.2) is 5.58 Å². The molecule has 0 fully saturated rings. The number of pyridine rings is 1. The fourth-order valence-corrected chi connectivity index (χ4v) is 1.71. The third-order valence-electron chi connectivity index (χ3n) is 2.48. The molecule has 0 aliphatic carbocycles. The number of nitrogens with zero attached hydrogens (tertiary/aromatic N) is 1. The summed E-state index contributed by atoms with van der Waals surface area (Å²) in [6.07, 6.45) is 3.16. The van der Waals surface area contributed by atoms with Gasteiger partial charge in [-0.05, 0) is 12.1 Å². The predicted octanol–water partition coefficient (Wildman–Crippen LogP) is 2.32. The lowest BCUT2D eigenvalue weighted by Crippen LogP contribution is -1.92. The van der Waals surface area contributed by atoms with Crippen LogP contribution in [0.1, 0.15) is 0 Å². The zero-order valence-electron chi connectivity index (χ0n) is 8.61. The molecule has 0 saturated carbocycles. The van der Waals surface area contributed by atoms with Crippen molar-refractivity contribution in [1.82, 2.24) is 9.97 Å². The summed E-state index contributed by atoms with van der Waals surface area (Å²) in [5, 5.41) is 0. The fourth-order valence-electron chi connectivity index (χ4n) is 1.71. The van der Waals surface area contributed by atoms with E-state index in [1.54, 1.807) is 24.5 Å². The maximum atomic E-state index is 13.8. The van der Waals surface area contributed by atoms with Gasteiger partial charge in [0, 0.05) is 29.6 Å². The lowest BCUT2D eigenvalue weighted by Gasteiger charge is -2.01. The standard InChI is InChI=1S/C12H7FN2O2/c13-9-5-10-11(17-12(16)15-10)4-8(9)7-2-1-3-14-6-7/h1-6H,(H,15,16). The number of hydrogen-bond acceptors (Lipinski definition) is 3. The van der Waals surface area contributed by atoms with Gasteiger partial charge in [0.2, 0.25) is 0 Å². The van der Waals surface area contributed by atoms with E-state index in [0.29, 0.717) is 22.2 Å². The maximum absolute atomic E-state index is 13.8. The molecule has 2 aromatic heterocycles. The maximum Gasteiger partial charge on any atom is 0.417 e. The Morgan fingerprint density at radius 2 is 2.24 bits per heavy atom. The third-order valence-corrected chi connectivity index (χ3v) is 2.48. The topological polar surface area (TPSA) is 58.9 Å². The molecule has 0 atom stereocenters. The number of halogens is 1. The van der Waals surface area contributed by atoms with Gasteiger partial charge in [-0.1, -0.05) is 6.07 Å². The van der Waals surface area contributed by atoms with Crippen LogP contribution >= 0.6 is 0 Å². The molecule has 1 aromatic carbocycles. The zero-order chi connectivity index (χ0) is 11.8. The van der Waals surface area contributed by atoms with Gasteiger partial charge in [-0.15, -0.1) is 0 Å². The smallest absolute Gasteiger partial charge is 0.408 e. The van der Waals surface area contributed by atoms with Crippen LogP contribution in [0.15, 0.2) is 45.9 Å². The largest absolute Gasteiger partial charge is 0.417 e. The Balaban J connectivity index is 2.30. The number of aromatic nitrogens is 2. The van der Waals surface area contributed by atoms with Crippen LogP contribution in [0.25, 0.3) is 22.2 Å². The molecular formula is C12H7FN2O2. The van der Waals surface area contributed by atoms with Crippen molar-refractivity contribution in [3.05, 3.63) is 53.0 Å². The molecule has 3 rings (SSSR count). The van der Waals surface area contributed by atoms with Crippen LogP contribution in [0, 0.1) is 5.82 Å². The highest BCUT2D eigenvalue weighted by Gasteiger charge is 2.10. The minimum absolute atomic E-state index is 0.329. The molecule has 0 amide bonds. The number of rotatable bonds is 1. The molecule has 0 unspecified atom stereocenters. The van der Waals surface area contributed by atoms with Crippen molar-refractivity contribution in [2.45, 2.75) is 0 Å². The summed E-state index contributed by atoms with van der Waals surface area (Å²) in [6, 6.07) is 6.18. The van der Waals surface area contributed by atoms with Crippen LogP contribution in [0.4, 0.5) is 4.39 Å². The summed E-state index contributed by atoms with van der Waals surface area (Å²) in [5.74, 6) is -1.02. The van der Waals surface area contributed by atoms with Crippen LogP contribution in [-0.2, 0) is 0 Å². The molecule has 0 spiro atoms. The van der Waals surface area contributed by atoms with E-state index in [1.165, 1.54) is 12.1 Å². The molecule has 5 heteroatoms. The molecule has 1 N–H and O–H groups in total. The van der Waals surface area contributed by atoms with Crippen molar-refractivity contribution < 1.29 is 8.81 Å². The van der Waals surface area contributed by atoms with E-state index in [1.807, 2.05) is 0 Å². The van der Waals surface area contributed by atoms with Crippen LogP contribution < -0.4 is 5.76 Å². The first-order valence-electron chi connectivity index (χ1n) is 4.97. The van der Waals surface area contributed by atoms with Gasteiger partial charge in [-0.2, -0.15) is 0 Å². The summed E-state index contributed by atoms with van der Waals surface area (Å²) < 4.78 is 18.7. The normalized spacial score (nSPS) is 10.9. The van der Waals surface area contributed by atoms with Gasteiger partial charge in [0.1, 0.15) is 5.82 Å².